The normalized spacial score (nSPS) is 12.0. The van der Waals surface area contributed by atoms with Gasteiger partial charge in [-0.15, -0.1) is 0 Å². The molecule has 0 N–H and O–H groups in total. The molecule has 2 rings (SSSR count). The lowest BCUT2D eigenvalue weighted by Gasteiger charge is -2.15. The number of benzene rings is 1. The van der Waals surface area contributed by atoms with Gasteiger partial charge in [-0.1, -0.05) is 18.2 Å². The number of hydrogen-bond donors (Lipinski definition) is 0. The van der Waals surface area contributed by atoms with Crippen LogP contribution in [0, 0.1) is 0 Å². The van der Waals surface area contributed by atoms with Crippen LogP contribution in [0.25, 0.3) is 11.3 Å². The van der Waals surface area contributed by atoms with Crippen molar-refractivity contribution in [1.82, 2.24) is 9.88 Å². The Balaban J connectivity index is 2.50. The van der Waals surface area contributed by atoms with Crippen molar-refractivity contribution >= 4 is 5.91 Å². The molecule has 0 aliphatic heterocycles. The van der Waals surface area contributed by atoms with E-state index in [1.54, 1.807) is 44.4 Å². The average Bonchev–Trinajstić information content (AvgIpc) is 2.53. The molecular weight excluding hydrogens is 264 g/mol. The van der Waals surface area contributed by atoms with Crippen LogP contribution in [0.15, 0.2) is 42.6 Å². The van der Waals surface area contributed by atoms with Gasteiger partial charge in [0.2, 0.25) is 0 Å². The Morgan fingerprint density at radius 3 is 2.67 bits per heavy atom. The maximum Gasteiger partial charge on any atom is 0.255 e. The van der Waals surface area contributed by atoms with Crippen molar-refractivity contribution < 1.29 is 9.53 Å². The van der Waals surface area contributed by atoms with Gasteiger partial charge >= 0.3 is 0 Å². The van der Waals surface area contributed by atoms with Gasteiger partial charge in [-0.3, -0.25) is 9.78 Å². The Hall–Kier alpha value is -2.20. The molecule has 1 atom stereocenters. The predicted octanol–water partition coefficient (Wildman–Crippen LogP) is 3.16. The van der Waals surface area contributed by atoms with Gasteiger partial charge in [0.15, 0.2) is 0 Å². The van der Waals surface area contributed by atoms with Gasteiger partial charge in [0.1, 0.15) is 0 Å². The fourth-order valence-electron chi connectivity index (χ4n) is 2.12. The number of rotatable bonds is 4. The van der Waals surface area contributed by atoms with Crippen LogP contribution in [0.3, 0.4) is 0 Å². The van der Waals surface area contributed by atoms with E-state index in [0.717, 1.165) is 11.1 Å². The molecule has 1 aromatic carbocycles. The summed E-state index contributed by atoms with van der Waals surface area (Å²) in [6, 6.07) is 11.5. The minimum atomic E-state index is -0.0525. The van der Waals surface area contributed by atoms with Crippen molar-refractivity contribution in [2.24, 2.45) is 0 Å². The summed E-state index contributed by atoms with van der Waals surface area (Å²) >= 11 is 0. The molecule has 1 aromatic heterocycles. The third-order valence-corrected chi connectivity index (χ3v) is 3.43. The third-order valence-electron chi connectivity index (χ3n) is 3.43. The SMILES string of the molecule is CO[C@H](C)c1cccc(-c2ncccc2C(=O)N(C)C)c1. The van der Waals surface area contributed by atoms with Crippen molar-refractivity contribution in [3.05, 3.63) is 53.7 Å². The number of methoxy groups -OCH3 is 1. The molecule has 0 saturated carbocycles. The van der Waals surface area contributed by atoms with Crippen LogP contribution in [0.5, 0.6) is 0 Å². The molecule has 21 heavy (non-hydrogen) atoms. The van der Waals surface area contributed by atoms with E-state index in [9.17, 15) is 4.79 Å². The van der Waals surface area contributed by atoms with Gasteiger partial charge in [0.05, 0.1) is 17.4 Å². The molecule has 0 saturated heterocycles. The Morgan fingerprint density at radius 1 is 1.24 bits per heavy atom. The summed E-state index contributed by atoms with van der Waals surface area (Å²) in [5, 5.41) is 0. The Bertz CT molecular complexity index is 638. The molecule has 0 aliphatic carbocycles. The van der Waals surface area contributed by atoms with Gasteiger partial charge < -0.3 is 9.64 Å². The number of carbonyl (C=O) groups is 1. The van der Waals surface area contributed by atoms with Crippen molar-refractivity contribution in [1.29, 1.82) is 0 Å². The van der Waals surface area contributed by atoms with E-state index >= 15 is 0 Å². The highest BCUT2D eigenvalue weighted by Gasteiger charge is 2.16. The maximum absolute atomic E-state index is 12.3. The molecule has 0 fully saturated rings. The van der Waals surface area contributed by atoms with Crippen LogP contribution in [-0.2, 0) is 4.74 Å². The maximum atomic E-state index is 12.3. The van der Waals surface area contributed by atoms with E-state index in [0.29, 0.717) is 11.3 Å². The standard InChI is InChI=1S/C17H20N2O2/c1-12(21-4)13-7-5-8-14(11-13)16-15(9-6-10-18-16)17(20)19(2)3/h5-12H,1-4H3/t12-/m1/s1. The van der Waals surface area contributed by atoms with E-state index in [2.05, 4.69) is 4.98 Å². The number of nitrogens with zero attached hydrogens (tertiary/aromatic N) is 2. The number of ether oxygens (including phenoxy) is 1. The summed E-state index contributed by atoms with van der Waals surface area (Å²) in [5.41, 5.74) is 3.28. The van der Waals surface area contributed by atoms with Crippen LogP contribution >= 0.6 is 0 Å². The largest absolute Gasteiger partial charge is 0.377 e. The minimum Gasteiger partial charge on any atom is -0.377 e. The molecule has 0 aliphatic rings. The Kier molecular flexibility index (Phi) is 4.70. The van der Waals surface area contributed by atoms with Gasteiger partial charge in [0.25, 0.3) is 5.91 Å². The number of carbonyl (C=O) groups excluding carboxylic acids is 1. The molecule has 0 unspecified atom stereocenters. The van der Waals surface area contributed by atoms with E-state index in [4.69, 9.17) is 4.74 Å². The van der Waals surface area contributed by atoms with Crippen LogP contribution in [-0.4, -0.2) is 37.0 Å². The highest BCUT2D eigenvalue weighted by atomic mass is 16.5. The Morgan fingerprint density at radius 2 is 2.00 bits per heavy atom. The zero-order chi connectivity index (χ0) is 15.4. The van der Waals surface area contributed by atoms with Crippen LogP contribution in [0.1, 0.15) is 28.9 Å². The van der Waals surface area contributed by atoms with Gasteiger partial charge in [-0.05, 0) is 30.7 Å². The fraction of sp³-hybridized carbons (Fsp3) is 0.294. The molecule has 4 nitrogen and oxygen atoms in total. The quantitative estimate of drug-likeness (QED) is 0.866. The zero-order valence-corrected chi connectivity index (χ0v) is 12.8. The van der Waals surface area contributed by atoms with Crippen LogP contribution < -0.4 is 0 Å². The second-order valence-corrected chi connectivity index (χ2v) is 5.10. The first-order valence-electron chi connectivity index (χ1n) is 6.84. The molecule has 0 radical (unpaired) electrons. The average molecular weight is 284 g/mol. The molecule has 1 amide bonds. The van der Waals surface area contributed by atoms with Gasteiger partial charge in [-0.2, -0.15) is 0 Å². The fourth-order valence-corrected chi connectivity index (χ4v) is 2.12. The second-order valence-electron chi connectivity index (χ2n) is 5.10. The summed E-state index contributed by atoms with van der Waals surface area (Å²) < 4.78 is 5.35. The van der Waals surface area contributed by atoms with E-state index in [1.807, 2.05) is 31.2 Å². The zero-order valence-electron chi connectivity index (χ0n) is 12.8. The van der Waals surface area contributed by atoms with E-state index in [-0.39, 0.29) is 12.0 Å². The number of hydrogen-bond acceptors (Lipinski definition) is 3. The van der Waals surface area contributed by atoms with Gasteiger partial charge in [-0.25, -0.2) is 0 Å². The predicted molar refractivity (Wildman–Crippen MR) is 83.1 cm³/mol. The van der Waals surface area contributed by atoms with Crippen LogP contribution in [0.2, 0.25) is 0 Å². The molecule has 4 heteroatoms. The number of pyridine rings is 1. The molecule has 0 bridgehead atoms. The molecule has 0 spiro atoms. The van der Waals surface area contributed by atoms with Gasteiger partial charge in [0, 0.05) is 33.0 Å². The Labute approximate surface area is 125 Å². The van der Waals surface area contributed by atoms with Crippen molar-refractivity contribution in [3.63, 3.8) is 0 Å². The lowest BCUT2D eigenvalue weighted by atomic mass is 10.0. The minimum absolute atomic E-state index is 0.00154. The molecule has 1 heterocycles. The first-order chi connectivity index (χ1) is 10.0. The van der Waals surface area contributed by atoms with Crippen molar-refractivity contribution in [3.8, 4) is 11.3 Å². The first-order valence-corrected chi connectivity index (χ1v) is 6.84. The number of aromatic nitrogens is 1. The van der Waals surface area contributed by atoms with E-state index in [1.165, 1.54) is 0 Å². The molecule has 2 aromatic rings. The summed E-state index contributed by atoms with van der Waals surface area (Å²) in [6.07, 6.45) is 1.70. The smallest absolute Gasteiger partial charge is 0.255 e. The lowest BCUT2D eigenvalue weighted by molar-refractivity contribution is 0.0828. The topological polar surface area (TPSA) is 42.4 Å². The summed E-state index contributed by atoms with van der Waals surface area (Å²) in [6.45, 7) is 1.99. The van der Waals surface area contributed by atoms with E-state index < -0.39 is 0 Å². The monoisotopic (exact) mass is 284 g/mol. The van der Waals surface area contributed by atoms with Crippen LogP contribution in [0.4, 0.5) is 0 Å². The number of amides is 1. The molecule has 110 valence electrons. The highest BCUT2D eigenvalue weighted by molar-refractivity contribution is 5.99. The van der Waals surface area contributed by atoms with Crippen molar-refractivity contribution in [2.45, 2.75) is 13.0 Å². The summed E-state index contributed by atoms with van der Waals surface area (Å²) in [4.78, 5) is 18.2. The third kappa shape index (κ3) is 3.28. The first kappa shape index (κ1) is 15.2. The molecular formula is C17H20N2O2. The summed E-state index contributed by atoms with van der Waals surface area (Å²) in [7, 11) is 5.16. The summed E-state index contributed by atoms with van der Waals surface area (Å²) in [5.74, 6) is -0.0525. The van der Waals surface area contributed by atoms with Crippen molar-refractivity contribution in [2.75, 3.05) is 21.2 Å². The highest BCUT2D eigenvalue weighted by Crippen LogP contribution is 2.26. The second kappa shape index (κ2) is 6.50. The lowest BCUT2D eigenvalue weighted by Crippen LogP contribution is -2.22.